The van der Waals surface area contributed by atoms with E-state index in [0.29, 0.717) is 15.7 Å². The maximum Gasteiger partial charge on any atom is 0.264 e. The predicted molar refractivity (Wildman–Crippen MR) is 173 cm³/mol. The summed E-state index contributed by atoms with van der Waals surface area (Å²) in [6.07, 6.45) is 4.75. The number of fused-ring (bicyclic) bond motifs is 2. The van der Waals surface area contributed by atoms with Gasteiger partial charge in [0.2, 0.25) is 0 Å². The molecule has 3 heterocycles. The van der Waals surface area contributed by atoms with Crippen molar-refractivity contribution in [1.29, 1.82) is 0 Å². The third-order valence-electron chi connectivity index (χ3n) is 9.00. The number of anilines is 1. The van der Waals surface area contributed by atoms with E-state index in [9.17, 15) is 14.4 Å². The number of imide groups is 1. The lowest BCUT2D eigenvalue weighted by atomic mass is 9.77. The zero-order valence-electron chi connectivity index (χ0n) is 24.7. The standard InChI is InChI=1S/C34H30Cl2N6O3/c1-19-5-3-6-20(2)30(19)41-33(44)29-32(34(41)45)40(39-37-29)18-27(43)42-31(22-11-15-25(36)16-12-22)26-8-4-7-23(28(26)38-42)17-21-9-13-24(35)14-10-21/h3,5-6,9-17,26,29,31-32H,4,7-8,18H2,1-2H3. The van der Waals surface area contributed by atoms with E-state index in [1.165, 1.54) is 14.9 Å². The summed E-state index contributed by atoms with van der Waals surface area (Å²) in [5.41, 5.74) is 6.04. The molecule has 4 aliphatic rings. The molecule has 3 aromatic carbocycles. The summed E-state index contributed by atoms with van der Waals surface area (Å²) in [6.45, 7) is 3.46. The highest BCUT2D eigenvalue weighted by molar-refractivity contribution is 6.31. The number of carbonyl (C=O) groups excluding carboxylic acids is 3. The van der Waals surface area contributed by atoms with E-state index in [2.05, 4.69) is 16.4 Å². The highest BCUT2D eigenvalue weighted by atomic mass is 35.5. The Labute approximate surface area is 270 Å². The summed E-state index contributed by atoms with van der Waals surface area (Å²) in [7, 11) is 0. The van der Waals surface area contributed by atoms with Crippen LogP contribution in [0.5, 0.6) is 0 Å². The van der Waals surface area contributed by atoms with E-state index in [1.807, 2.05) is 80.6 Å². The summed E-state index contributed by atoms with van der Waals surface area (Å²) >= 11 is 12.3. The molecule has 9 nitrogen and oxygen atoms in total. The average molecular weight is 642 g/mol. The molecule has 45 heavy (non-hydrogen) atoms. The minimum absolute atomic E-state index is 0.0235. The Balaban J connectivity index is 1.19. The fourth-order valence-corrected chi connectivity index (χ4v) is 7.16. The van der Waals surface area contributed by atoms with Crippen molar-refractivity contribution in [3.05, 3.63) is 105 Å². The number of rotatable bonds is 5. The lowest BCUT2D eigenvalue weighted by Gasteiger charge is -2.30. The molecule has 0 bridgehead atoms. The molecule has 3 amide bonds. The van der Waals surface area contributed by atoms with E-state index < -0.39 is 23.9 Å². The Morgan fingerprint density at radius 2 is 1.58 bits per heavy atom. The Morgan fingerprint density at radius 3 is 2.27 bits per heavy atom. The molecule has 3 aromatic rings. The third-order valence-corrected chi connectivity index (χ3v) is 9.50. The molecule has 1 saturated heterocycles. The van der Waals surface area contributed by atoms with Crippen LogP contribution in [0.15, 0.2) is 87.7 Å². The van der Waals surface area contributed by atoms with Crippen LogP contribution in [0, 0.1) is 19.8 Å². The van der Waals surface area contributed by atoms with Gasteiger partial charge in [-0.3, -0.25) is 19.4 Å². The van der Waals surface area contributed by atoms with Crippen LogP contribution in [-0.4, -0.2) is 52.1 Å². The van der Waals surface area contributed by atoms with Crippen LogP contribution in [0.25, 0.3) is 6.08 Å². The molecule has 2 fully saturated rings. The minimum atomic E-state index is -1.00. The van der Waals surface area contributed by atoms with E-state index in [-0.39, 0.29) is 24.4 Å². The first-order valence-electron chi connectivity index (χ1n) is 15.0. The van der Waals surface area contributed by atoms with Crippen molar-refractivity contribution in [3.8, 4) is 0 Å². The molecule has 0 radical (unpaired) electrons. The van der Waals surface area contributed by atoms with Gasteiger partial charge in [-0.1, -0.05) is 70.9 Å². The number of halogens is 2. The Morgan fingerprint density at radius 1 is 0.911 bits per heavy atom. The molecule has 0 aromatic heterocycles. The molecular weight excluding hydrogens is 611 g/mol. The fraction of sp³-hybridized carbons (Fsp3) is 0.294. The number of allylic oxidation sites excluding steroid dienone is 1. The molecule has 3 aliphatic heterocycles. The first kappa shape index (κ1) is 29.4. The number of para-hydroxylation sites is 1. The fourth-order valence-electron chi connectivity index (χ4n) is 6.90. The first-order chi connectivity index (χ1) is 21.7. The number of hydrazone groups is 1. The average Bonchev–Trinajstić information content (AvgIpc) is 3.69. The van der Waals surface area contributed by atoms with Gasteiger partial charge in [-0.15, -0.1) is 0 Å². The number of hydrogen-bond acceptors (Lipinski definition) is 7. The predicted octanol–water partition coefficient (Wildman–Crippen LogP) is 6.73. The van der Waals surface area contributed by atoms with Gasteiger partial charge in [-0.05, 0) is 91.3 Å². The highest BCUT2D eigenvalue weighted by Crippen LogP contribution is 2.45. The summed E-state index contributed by atoms with van der Waals surface area (Å²) in [4.78, 5) is 42.5. The Kier molecular flexibility index (Phi) is 7.54. The number of amides is 3. The quantitative estimate of drug-likeness (QED) is 0.289. The van der Waals surface area contributed by atoms with E-state index in [1.54, 1.807) is 0 Å². The smallest absolute Gasteiger partial charge is 0.264 e. The van der Waals surface area contributed by atoms with Crippen molar-refractivity contribution >= 4 is 58.4 Å². The second-order valence-corrected chi connectivity index (χ2v) is 12.8. The molecule has 4 atom stereocenters. The number of carbonyl (C=O) groups is 3. The largest absolute Gasteiger partial charge is 0.271 e. The summed E-state index contributed by atoms with van der Waals surface area (Å²) in [6, 6.07) is 18.4. The summed E-state index contributed by atoms with van der Waals surface area (Å²) < 4.78 is 0. The van der Waals surface area contributed by atoms with Crippen molar-refractivity contribution in [2.24, 2.45) is 21.4 Å². The zero-order valence-corrected chi connectivity index (χ0v) is 26.2. The van der Waals surface area contributed by atoms with Gasteiger partial charge >= 0.3 is 0 Å². The van der Waals surface area contributed by atoms with Crippen molar-refractivity contribution in [1.82, 2.24) is 10.0 Å². The van der Waals surface area contributed by atoms with Crippen LogP contribution in [0.4, 0.5) is 5.69 Å². The van der Waals surface area contributed by atoms with Crippen LogP contribution in [-0.2, 0) is 14.4 Å². The molecule has 0 spiro atoms. The van der Waals surface area contributed by atoms with Crippen molar-refractivity contribution in [2.75, 3.05) is 11.4 Å². The molecule has 1 aliphatic carbocycles. The minimum Gasteiger partial charge on any atom is -0.271 e. The molecule has 228 valence electrons. The van der Waals surface area contributed by atoms with Crippen molar-refractivity contribution < 1.29 is 14.4 Å². The van der Waals surface area contributed by atoms with Gasteiger partial charge in [0, 0.05) is 16.0 Å². The molecule has 4 unspecified atom stereocenters. The lowest BCUT2D eigenvalue weighted by Crippen LogP contribution is -2.45. The van der Waals surface area contributed by atoms with Crippen LogP contribution < -0.4 is 4.90 Å². The first-order valence-corrected chi connectivity index (χ1v) is 15.7. The number of benzene rings is 3. The van der Waals surface area contributed by atoms with Crippen LogP contribution in [0.2, 0.25) is 10.0 Å². The maximum atomic E-state index is 14.1. The van der Waals surface area contributed by atoms with E-state index in [0.717, 1.165) is 52.8 Å². The monoisotopic (exact) mass is 640 g/mol. The maximum absolute atomic E-state index is 14.1. The molecule has 0 N–H and O–H groups in total. The zero-order chi connectivity index (χ0) is 31.4. The van der Waals surface area contributed by atoms with Gasteiger partial charge < -0.3 is 0 Å². The van der Waals surface area contributed by atoms with Gasteiger partial charge in [0.1, 0.15) is 6.54 Å². The summed E-state index contributed by atoms with van der Waals surface area (Å²) in [5.74, 6) is -1.24. The van der Waals surface area contributed by atoms with Crippen LogP contribution >= 0.6 is 23.2 Å². The van der Waals surface area contributed by atoms with Crippen molar-refractivity contribution in [2.45, 2.75) is 51.2 Å². The Bertz CT molecular complexity index is 1780. The topological polar surface area (TPSA) is 98.0 Å². The van der Waals surface area contributed by atoms with E-state index >= 15 is 0 Å². The van der Waals surface area contributed by atoms with Gasteiger partial charge in [0.15, 0.2) is 12.1 Å². The van der Waals surface area contributed by atoms with E-state index in [4.69, 9.17) is 28.3 Å². The number of hydrogen-bond donors (Lipinski definition) is 0. The normalized spacial score (nSPS) is 24.8. The van der Waals surface area contributed by atoms with Gasteiger partial charge in [0.25, 0.3) is 17.7 Å². The van der Waals surface area contributed by atoms with Gasteiger partial charge in [0.05, 0.1) is 17.4 Å². The highest BCUT2D eigenvalue weighted by Gasteiger charge is 2.56. The Hall–Kier alpha value is -4.34. The van der Waals surface area contributed by atoms with Gasteiger partial charge in [-0.2, -0.15) is 10.2 Å². The molecular formula is C34H30Cl2N6O3. The molecule has 7 rings (SSSR count). The van der Waals surface area contributed by atoms with Crippen molar-refractivity contribution in [3.63, 3.8) is 0 Å². The SMILES string of the molecule is Cc1cccc(C)c1N1C(=O)C2N=NN(CC(=O)N3N=C4C(=Cc5ccc(Cl)cc5)CCCC4C3c3ccc(Cl)cc3)C2C1=O. The molecule has 1 saturated carbocycles. The second kappa shape index (κ2) is 11.5. The second-order valence-electron chi connectivity index (χ2n) is 11.9. The summed E-state index contributed by atoms with van der Waals surface area (Å²) in [5, 5.41) is 17.4. The lowest BCUT2D eigenvalue weighted by molar-refractivity contribution is -0.136. The van der Waals surface area contributed by atoms with Crippen LogP contribution in [0.1, 0.15) is 47.6 Å². The number of aryl methyl sites for hydroxylation is 2. The van der Waals surface area contributed by atoms with Crippen LogP contribution in [0.3, 0.4) is 0 Å². The van der Waals surface area contributed by atoms with Gasteiger partial charge in [-0.25, -0.2) is 9.91 Å². The number of nitrogens with zero attached hydrogens (tertiary/aromatic N) is 6. The third kappa shape index (κ3) is 5.14. The molecule has 11 heteroatoms.